The zero-order chi connectivity index (χ0) is 24.6. The summed E-state index contributed by atoms with van der Waals surface area (Å²) in [5, 5.41) is 19.0. The number of pyridine rings is 1. The molecule has 0 unspecified atom stereocenters. The van der Waals surface area contributed by atoms with Crippen molar-refractivity contribution in [1.29, 1.82) is 0 Å². The topological polar surface area (TPSA) is 114 Å². The van der Waals surface area contributed by atoms with E-state index in [2.05, 4.69) is 25.2 Å². The van der Waals surface area contributed by atoms with Crippen molar-refractivity contribution in [2.45, 2.75) is 26.3 Å². The molecule has 33 heavy (non-hydrogen) atoms. The Kier molecular flexibility index (Phi) is 8.52. The van der Waals surface area contributed by atoms with Gasteiger partial charge >= 0.3 is 11.7 Å². The molecule has 3 rings (SSSR count). The minimum atomic E-state index is -3.75. The normalized spacial score (nSPS) is 11.2. The van der Waals surface area contributed by atoms with Gasteiger partial charge in [-0.1, -0.05) is 20.8 Å². The number of carbonyl (C=O) groups is 1. The number of rotatable bonds is 6. The number of nitrogens with one attached hydrogen (secondary N) is 1. The van der Waals surface area contributed by atoms with Crippen LogP contribution in [0.1, 0.15) is 20.8 Å². The molecule has 2 heterocycles. The van der Waals surface area contributed by atoms with E-state index in [0.29, 0.717) is 29.5 Å². The van der Waals surface area contributed by atoms with Gasteiger partial charge in [0.25, 0.3) is 5.89 Å². The molecule has 0 spiro atoms. The molecule has 9 nitrogen and oxygen atoms in total. The molecule has 2 aromatic heterocycles. The number of anilines is 2. The summed E-state index contributed by atoms with van der Waals surface area (Å²) in [5.74, 6) is 0.726. The number of halogens is 3. The standard InChI is InChI=1S/C14H9ClF2N4O2.C7H15NO2/c15-14(16,17)23-10-5-3-9(4-6-10)20-12-11(2-1-7-18-12)13-21-19-8-22-13;1-7(2,3)5-8(4)6(9)10/h1-8H,(H,18,20);5H2,1-4H3,(H,9,10). The van der Waals surface area contributed by atoms with Gasteiger partial charge in [0.2, 0.25) is 6.39 Å². The SMILES string of the molecule is CN(CC(C)(C)C)C(=O)O.FC(F)(Cl)Oc1ccc(Nc2ncccc2-c2nnco2)cc1. The molecule has 0 saturated heterocycles. The van der Waals surface area contributed by atoms with Crippen LogP contribution in [-0.2, 0) is 0 Å². The first-order valence-electron chi connectivity index (χ1n) is 9.62. The number of nitrogens with zero attached hydrogens (tertiary/aromatic N) is 4. The van der Waals surface area contributed by atoms with Gasteiger partial charge in [-0.3, -0.25) is 0 Å². The van der Waals surface area contributed by atoms with Gasteiger partial charge in [-0.25, -0.2) is 9.78 Å². The third kappa shape index (κ3) is 9.27. The Morgan fingerprint density at radius 1 is 1.24 bits per heavy atom. The Labute approximate surface area is 194 Å². The fourth-order valence-electron chi connectivity index (χ4n) is 2.62. The van der Waals surface area contributed by atoms with Crippen LogP contribution in [0.2, 0.25) is 0 Å². The minimum Gasteiger partial charge on any atom is -0.465 e. The predicted molar refractivity (Wildman–Crippen MR) is 119 cm³/mol. The van der Waals surface area contributed by atoms with Gasteiger partial charge in [0.15, 0.2) is 0 Å². The number of carboxylic acid groups (broad SMARTS) is 1. The number of ether oxygens (including phenoxy) is 1. The lowest BCUT2D eigenvalue weighted by Gasteiger charge is -2.23. The maximum Gasteiger partial charge on any atom is 0.487 e. The van der Waals surface area contributed by atoms with Gasteiger partial charge in [-0.2, -0.15) is 0 Å². The van der Waals surface area contributed by atoms with Crippen molar-refractivity contribution >= 4 is 29.2 Å². The highest BCUT2D eigenvalue weighted by molar-refractivity contribution is 6.20. The first-order valence-corrected chi connectivity index (χ1v) is 10.0. The van der Waals surface area contributed by atoms with Crippen LogP contribution in [0, 0.1) is 5.41 Å². The minimum absolute atomic E-state index is 0.0488. The van der Waals surface area contributed by atoms with E-state index in [1.54, 1.807) is 37.5 Å². The van der Waals surface area contributed by atoms with E-state index >= 15 is 0 Å². The molecule has 0 bridgehead atoms. The summed E-state index contributed by atoms with van der Waals surface area (Å²) in [6, 6.07) is 9.29. The second kappa shape index (κ2) is 10.9. The predicted octanol–water partition coefficient (Wildman–Crippen LogP) is 5.69. The Morgan fingerprint density at radius 2 is 1.91 bits per heavy atom. The molecule has 0 aliphatic carbocycles. The molecule has 178 valence electrons. The summed E-state index contributed by atoms with van der Waals surface area (Å²) in [4.78, 5) is 15.8. The summed E-state index contributed by atoms with van der Waals surface area (Å²) in [7, 11) is 1.58. The third-order valence-electron chi connectivity index (χ3n) is 3.79. The van der Waals surface area contributed by atoms with Crippen LogP contribution in [-0.4, -0.2) is 50.4 Å². The first kappa shape index (κ1) is 25.8. The zero-order valence-electron chi connectivity index (χ0n) is 18.4. The molecule has 0 atom stereocenters. The average Bonchev–Trinajstić information content (AvgIpc) is 3.23. The second-order valence-electron chi connectivity index (χ2n) is 8.04. The van der Waals surface area contributed by atoms with Crippen LogP contribution in [0.3, 0.4) is 0 Å². The molecule has 0 radical (unpaired) electrons. The van der Waals surface area contributed by atoms with Gasteiger partial charge < -0.3 is 24.5 Å². The largest absolute Gasteiger partial charge is 0.487 e. The lowest BCUT2D eigenvalue weighted by atomic mass is 9.96. The van der Waals surface area contributed by atoms with E-state index in [-0.39, 0.29) is 11.2 Å². The summed E-state index contributed by atoms with van der Waals surface area (Å²) < 4.78 is 34.5. The number of aromatic nitrogens is 3. The highest BCUT2D eigenvalue weighted by Gasteiger charge is 2.27. The van der Waals surface area contributed by atoms with Gasteiger partial charge in [0.05, 0.1) is 5.56 Å². The van der Waals surface area contributed by atoms with Gasteiger partial charge in [-0.15, -0.1) is 19.0 Å². The van der Waals surface area contributed by atoms with Crippen molar-refractivity contribution < 1.29 is 27.8 Å². The van der Waals surface area contributed by atoms with Crippen molar-refractivity contribution in [2.24, 2.45) is 5.41 Å². The van der Waals surface area contributed by atoms with Gasteiger partial charge in [-0.05, 0) is 41.8 Å². The van der Waals surface area contributed by atoms with Crippen molar-refractivity contribution in [3.63, 3.8) is 0 Å². The Hall–Kier alpha value is -3.47. The monoisotopic (exact) mass is 483 g/mol. The maximum absolute atomic E-state index is 12.6. The van der Waals surface area contributed by atoms with E-state index in [4.69, 9.17) is 21.1 Å². The number of hydrogen-bond donors (Lipinski definition) is 2. The fraction of sp³-hybridized carbons (Fsp3) is 0.333. The second-order valence-corrected chi connectivity index (χ2v) is 8.48. The summed E-state index contributed by atoms with van der Waals surface area (Å²) >= 11 is 4.71. The first-order chi connectivity index (χ1) is 15.3. The fourth-order valence-corrected chi connectivity index (χ4v) is 2.71. The van der Waals surface area contributed by atoms with Crippen LogP contribution in [0.5, 0.6) is 5.75 Å². The van der Waals surface area contributed by atoms with E-state index in [1.165, 1.54) is 23.4 Å². The van der Waals surface area contributed by atoms with E-state index in [1.807, 2.05) is 20.8 Å². The molecular formula is C21H24ClF2N5O4. The van der Waals surface area contributed by atoms with E-state index in [9.17, 15) is 13.6 Å². The molecule has 0 fully saturated rings. The lowest BCUT2D eigenvalue weighted by molar-refractivity contribution is -0.0964. The quantitative estimate of drug-likeness (QED) is 0.430. The molecular weight excluding hydrogens is 460 g/mol. The van der Waals surface area contributed by atoms with Crippen LogP contribution >= 0.6 is 11.6 Å². The number of amides is 1. The Bertz CT molecular complexity index is 1020. The van der Waals surface area contributed by atoms with Crippen molar-refractivity contribution in [3.05, 3.63) is 49.0 Å². The molecule has 3 aromatic rings. The van der Waals surface area contributed by atoms with Gasteiger partial charge in [0, 0.05) is 37.1 Å². The van der Waals surface area contributed by atoms with Crippen LogP contribution in [0.25, 0.3) is 11.5 Å². The Morgan fingerprint density at radius 3 is 2.39 bits per heavy atom. The molecule has 1 aromatic carbocycles. The molecule has 0 aliphatic rings. The lowest BCUT2D eigenvalue weighted by Crippen LogP contribution is -2.33. The van der Waals surface area contributed by atoms with E-state index < -0.39 is 11.7 Å². The van der Waals surface area contributed by atoms with Crippen LogP contribution < -0.4 is 10.1 Å². The van der Waals surface area contributed by atoms with E-state index in [0.717, 1.165) is 0 Å². The van der Waals surface area contributed by atoms with Crippen LogP contribution in [0.4, 0.5) is 25.1 Å². The van der Waals surface area contributed by atoms with Crippen molar-refractivity contribution in [1.82, 2.24) is 20.1 Å². The van der Waals surface area contributed by atoms with Gasteiger partial charge in [0.1, 0.15) is 11.6 Å². The average molecular weight is 484 g/mol. The molecule has 0 aliphatic heterocycles. The molecule has 0 saturated carbocycles. The number of benzene rings is 1. The summed E-state index contributed by atoms with van der Waals surface area (Å²) in [6.45, 7) is 6.59. The zero-order valence-corrected chi connectivity index (χ0v) is 19.2. The Balaban J connectivity index is 0.000000328. The maximum atomic E-state index is 12.6. The molecule has 2 N–H and O–H groups in total. The number of hydrogen-bond acceptors (Lipinski definition) is 7. The van der Waals surface area contributed by atoms with Crippen molar-refractivity contribution in [2.75, 3.05) is 18.9 Å². The highest BCUT2D eigenvalue weighted by atomic mass is 35.5. The smallest absolute Gasteiger partial charge is 0.465 e. The van der Waals surface area contributed by atoms with Crippen molar-refractivity contribution in [3.8, 4) is 17.2 Å². The third-order valence-corrected chi connectivity index (χ3v) is 3.86. The molecule has 12 heteroatoms. The van der Waals surface area contributed by atoms with Crippen LogP contribution in [0.15, 0.2) is 53.4 Å². The highest BCUT2D eigenvalue weighted by Crippen LogP contribution is 2.29. The summed E-state index contributed by atoms with van der Waals surface area (Å²) in [6.07, 6.45) is 1.94. The number of alkyl halides is 3. The summed E-state index contributed by atoms with van der Waals surface area (Å²) in [5.41, 5.74) is -2.49. The molecule has 1 amide bonds.